The van der Waals surface area contributed by atoms with Gasteiger partial charge < -0.3 is 0 Å². The molecule has 0 saturated carbocycles. The Bertz CT molecular complexity index is 758. The van der Waals surface area contributed by atoms with Crippen molar-refractivity contribution in [2.45, 2.75) is 122 Å². The Morgan fingerprint density at radius 1 is 0.562 bits per heavy atom. The standard InChI is InChI=1S/C29H47BrSi2/c1-21(2)31(22(3)4,23(5)6)15-13-27-17-28(19-29(18-27)20-30)14-16-32(24(7)8,25(9)10)26(11)12/h17-19,21-26H,20H2,1-12H3. The van der Waals surface area contributed by atoms with E-state index in [0.717, 1.165) is 16.5 Å². The molecule has 0 aromatic heterocycles. The van der Waals surface area contributed by atoms with E-state index in [1.807, 2.05) is 0 Å². The van der Waals surface area contributed by atoms with Gasteiger partial charge in [-0.3, -0.25) is 0 Å². The second-order valence-corrected chi connectivity index (χ2v) is 23.1. The highest BCUT2D eigenvalue weighted by atomic mass is 79.9. The Hall–Kier alpha value is -0.746. The van der Waals surface area contributed by atoms with Gasteiger partial charge in [0.2, 0.25) is 0 Å². The Morgan fingerprint density at radius 2 is 0.844 bits per heavy atom. The van der Waals surface area contributed by atoms with E-state index in [2.05, 4.69) is 140 Å². The quantitative estimate of drug-likeness (QED) is 0.187. The van der Waals surface area contributed by atoms with Crippen LogP contribution in [0.3, 0.4) is 0 Å². The molecule has 1 aromatic rings. The molecule has 0 bridgehead atoms. The lowest BCUT2D eigenvalue weighted by molar-refractivity contribution is 0.838. The first-order valence-electron chi connectivity index (χ1n) is 12.5. The average molecular weight is 532 g/mol. The molecule has 0 aliphatic heterocycles. The predicted molar refractivity (Wildman–Crippen MR) is 155 cm³/mol. The zero-order valence-electron chi connectivity index (χ0n) is 22.8. The van der Waals surface area contributed by atoms with Gasteiger partial charge in [0.1, 0.15) is 16.1 Å². The Labute approximate surface area is 210 Å². The lowest BCUT2D eigenvalue weighted by Gasteiger charge is -2.38. The minimum Gasteiger partial charge on any atom is -0.125 e. The van der Waals surface area contributed by atoms with Gasteiger partial charge in [-0.05, 0) is 57.0 Å². The minimum absolute atomic E-state index is 0.642. The molecule has 0 fully saturated rings. The Kier molecular flexibility index (Phi) is 11.1. The van der Waals surface area contributed by atoms with E-state index >= 15 is 0 Å². The summed E-state index contributed by atoms with van der Waals surface area (Å²) in [5.74, 6) is 7.29. The molecular weight excluding hydrogens is 484 g/mol. The van der Waals surface area contributed by atoms with Gasteiger partial charge in [-0.2, -0.15) is 0 Å². The summed E-state index contributed by atoms with van der Waals surface area (Å²) in [6.45, 7) is 28.5. The summed E-state index contributed by atoms with van der Waals surface area (Å²) >= 11 is 3.67. The number of benzene rings is 1. The molecule has 0 radical (unpaired) electrons. The smallest absolute Gasteiger partial charge is 0.125 e. The van der Waals surface area contributed by atoms with Crippen LogP contribution in [-0.2, 0) is 5.33 Å². The van der Waals surface area contributed by atoms with E-state index in [0.29, 0.717) is 33.2 Å². The zero-order valence-corrected chi connectivity index (χ0v) is 26.4. The van der Waals surface area contributed by atoms with Crippen molar-refractivity contribution in [3.05, 3.63) is 34.9 Å². The maximum atomic E-state index is 3.89. The topological polar surface area (TPSA) is 0 Å². The highest BCUT2D eigenvalue weighted by Gasteiger charge is 2.42. The second kappa shape index (κ2) is 12.1. The first-order valence-corrected chi connectivity index (χ1v) is 18.1. The van der Waals surface area contributed by atoms with E-state index < -0.39 is 16.1 Å². The molecule has 178 valence electrons. The lowest BCUT2D eigenvalue weighted by atomic mass is 10.1. The summed E-state index contributed by atoms with van der Waals surface area (Å²) in [5.41, 5.74) is 15.1. The van der Waals surface area contributed by atoms with Gasteiger partial charge in [0.15, 0.2) is 0 Å². The first kappa shape index (κ1) is 29.3. The molecule has 0 N–H and O–H groups in total. The van der Waals surface area contributed by atoms with Gasteiger partial charge in [0, 0.05) is 16.5 Å². The third-order valence-electron chi connectivity index (χ3n) is 7.73. The van der Waals surface area contributed by atoms with E-state index in [-0.39, 0.29) is 0 Å². The summed E-state index contributed by atoms with van der Waals surface area (Å²) in [7, 11) is -3.50. The fourth-order valence-corrected chi connectivity index (χ4v) is 16.9. The molecule has 0 atom stereocenters. The first-order chi connectivity index (χ1) is 14.7. The van der Waals surface area contributed by atoms with Crippen molar-refractivity contribution in [1.82, 2.24) is 0 Å². The van der Waals surface area contributed by atoms with Crippen LogP contribution >= 0.6 is 15.9 Å². The number of rotatable bonds is 7. The zero-order chi connectivity index (χ0) is 24.9. The Morgan fingerprint density at radius 3 is 1.06 bits per heavy atom. The van der Waals surface area contributed by atoms with E-state index in [1.54, 1.807) is 0 Å². The number of hydrogen-bond acceptors (Lipinski definition) is 0. The van der Waals surface area contributed by atoms with Crippen molar-refractivity contribution in [3.8, 4) is 22.9 Å². The molecule has 1 aromatic carbocycles. The van der Waals surface area contributed by atoms with E-state index in [9.17, 15) is 0 Å². The maximum Gasteiger partial charge on any atom is 0.146 e. The molecule has 32 heavy (non-hydrogen) atoms. The largest absolute Gasteiger partial charge is 0.146 e. The van der Waals surface area contributed by atoms with Crippen LogP contribution in [0.5, 0.6) is 0 Å². The minimum atomic E-state index is -1.75. The molecule has 1 rings (SSSR count). The SMILES string of the molecule is CC(C)[Si](C#Cc1cc(C#C[Si](C(C)C)(C(C)C)C(C)C)cc(CBr)c1)(C(C)C)C(C)C. The van der Waals surface area contributed by atoms with Crippen LogP contribution in [0.25, 0.3) is 0 Å². The third-order valence-corrected chi connectivity index (χ3v) is 21.0. The molecule has 0 amide bonds. The third kappa shape index (κ3) is 6.22. The highest BCUT2D eigenvalue weighted by molar-refractivity contribution is 9.08. The van der Waals surface area contributed by atoms with Gasteiger partial charge in [-0.1, -0.05) is 111 Å². The van der Waals surface area contributed by atoms with Crippen molar-refractivity contribution in [3.63, 3.8) is 0 Å². The van der Waals surface area contributed by atoms with Gasteiger partial charge in [-0.15, -0.1) is 11.1 Å². The summed E-state index contributed by atoms with van der Waals surface area (Å²) in [4.78, 5) is 0. The fraction of sp³-hybridized carbons (Fsp3) is 0.655. The number of alkyl halides is 1. The lowest BCUT2D eigenvalue weighted by Crippen LogP contribution is -2.43. The predicted octanol–water partition coefficient (Wildman–Crippen LogP) is 9.72. The van der Waals surface area contributed by atoms with Gasteiger partial charge in [0.25, 0.3) is 0 Å². The monoisotopic (exact) mass is 530 g/mol. The van der Waals surface area contributed by atoms with Crippen LogP contribution in [0.4, 0.5) is 0 Å². The molecule has 0 aliphatic rings. The Balaban J connectivity index is 3.62. The molecule has 0 aliphatic carbocycles. The van der Waals surface area contributed by atoms with Crippen LogP contribution < -0.4 is 0 Å². The van der Waals surface area contributed by atoms with Crippen molar-refractivity contribution < 1.29 is 0 Å². The summed E-state index contributed by atoms with van der Waals surface area (Å²) in [6, 6.07) is 6.71. The van der Waals surface area contributed by atoms with Crippen molar-refractivity contribution in [2.75, 3.05) is 0 Å². The normalized spacial score (nSPS) is 12.6. The van der Waals surface area contributed by atoms with Gasteiger partial charge in [-0.25, -0.2) is 0 Å². The molecule has 0 unspecified atom stereocenters. The molecular formula is C29H47BrSi2. The van der Waals surface area contributed by atoms with E-state index in [4.69, 9.17) is 0 Å². The van der Waals surface area contributed by atoms with Crippen LogP contribution in [0.1, 0.15) is 99.8 Å². The number of hydrogen-bond donors (Lipinski definition) is 0. The van der Waals surface area contributed by atoms with Crippen LogP contribution in [0, 0.1) is 22.9 Å². The molecule has 0 saturated heterocycles. The van der Waals surface area contributed by atoms with Crippen LogP contribution in [-0.4, -0.2) is 16.1 Å². The average Bonchev–Trinajstić information content (AvgIpc) is 2.67. The molecule has 0 heterocycles. The van der Waals surface area contributed by atoms with Crippen molar-refractivity contribution >= 4 is 32.1 Å². The maximum absolute atomic E-state index is 3.89. The summed E-state index contributed by atoms with van der Waals surface area (Å²) < 4.78 is 0. The van der Waals surface area contributed by atoms with E-state index in [1.165, 1.54) is 5.56 Å². The van der Waals surface area contributed by atoms with Gasteiger partial charge in [0.05, 0.1) is 0 Å². The molecule has 0 nitrogen and oxygen atoms in total. The number of halogens is 1. The summed E-state index contributed by atoms with van der Waals surface area (Å²) in [5, 5.41) is 0.833. The van der Waals surface area contributed by atoms with Crippen molar-refractivity contribution in [2.24, 2.45) is 0 Å². The van der Waals surface area contributed by atoms with Crippen molar-refractivity contribution in [1.29, 1.82) is 0 Å². The fourth-order valence-electron chi connectivity index (χ4n) is 6.14. The molecule has 3 heteroatoms. The van der Waals surface area contributed by atoms with Crippen LogP contribution in [0.15, 0.2) is 18.2 Å². The second-order valence-electron chi connectivity index (χ2n) is 11.3. The van der Waals surface area contributed by atoms with Gasteiger partial charge >= 0.3 is 0 Å². The summed E-state index contributed by atoms with van der Waals surface area (Å²) in [6.07, 6.45) is 0. The molecule has 0 spiro atoms. The highest BCUT2D eigenvalue weighted by Crippen LogP contribution is 2.41. The van der Waals surface area contributed by atoms with Crippen LogP contribution in [0.2, 0.25) is 33.2 Å².